The number of pyridine rings is 2. The molecule has 1 aliphatic heterocycles. The molecule has 0 spiro atoms. The minimum absolute atomic E-state index is 0.0594. The van der Waals surface area contributed by atoms with Crippen LogP contribution in [0.4, 0.5) is 5.69 Å². The van der Waals surface area contributed by atoms with Gasteiger partial charge in [-0.1, -0.05) is 0 Å². The zero-order valence-corrected chi connectivity index (χ0v) is 18.4. The van der Waals surface area contributed by atoms with E-state index in [-0.39, 0.29) is 29.3 Å². The van der Waals surface area contributed by atoms with E-state index < -0.39 is 16.3 Å². The molecule has 0 saturated heterocycles. The van der Waals surface area contributed by atoms with Crippen molar-refractivity contribution in [2.75, 3.05) is 12.4 Å². The third-order valence-electron chi connectivity index (χ3n) is 5.26. The quantitative estimate of drug-likeness (QED) is 0.336. The normalized spacial score (nSPS) is 15.2. The lowest BCUT2D eigenvalue weighted by molar-refractivity contribution is -0.383. The van der Waals surface area contributed by atoms with Gasteiger partial charge in [0, 0.05) is 45.9 Å². The second-order valence-corrected chi connectivity index (χ2v) is 8.58. The summed E-state index contributed by atoms with van der Waals surface area (Å²) >= 11 is 1.56. The summed E-state index contributed by atoms with van der Waals surface area (Å²) in [4.78, 5) is 42.3. The lowest BCUT2D eigenvalue weighted by atomic mass is 9.99. The molecule has 0 fully saturated rings. The van der Waals surface area contributed by atoms with Crippen molar-refractivity contribution in [1.29, 1.82) is 0 Å². The first kappa shape index (κ1) is 21.0. The number of ether oxygens (including phenoxy) is 1. The van der Waals surface area contributed by atoms with Crippen LogP contribution >= 0.6 is 11.8 Å². The number of esters is 1. The van der Waals surface area contributed by atoms with Crippen molar-refractivity contribution in [3.05, 3.63) is 61.7 Å². The third kappa shape index (κ3) is 3.48. The fourth-order valence-electron chi connectivity index (χ4n) is 3.98. The van der Waals surface area contributed by atoms with Crippen LogP contribution < -0.4 is 5.43 Å². The fraction of sp³-hybridized carbons (Fsp3) is 0.318. The van der Waals surface area contributed by atoms with E-state index >= 15 is 0 Å². The molecule has 2 aromatic heterocycles. The van der Waals surface area contributed by atoms with Gasteiger partial charge in [-0.25, -0.2) is 4.79 Å². The van der Waals surface area contributed by atoms with Gasteiger partial charge in [0.05, 0.1) is 17.0 Å². The summed E-state index contributed by atoms with van der Waals surface area (Å²) < 4.78 is 6.82. The molecule has 31 heavy (non-hydrogen) atoms. The first-order valence-corrected chi connectivity index (χ1v) is 10.9. The number of nitrogens with zero attached hydrogens (tertiary/aromatic N) is 3. The van der Waals surface area contributed by atoms with E-state index in [1.807, 2.05) is 32.9 Å². The van der Waals surface area contributed by atoms with Gasteiger partial charge >= 0.3 is 5.97 Å². The summed E-state index contributed by atoms with van der Waals surface area (Å²) in [5.74, 6) is -0.0787. The van der Waals surface area contributed by atoms with Crippen LogP contribution in [-0.4, -0.2) is 32.8 Å². The summed E-state index contributed by atoms with van der Waals surface area (Å²) in [6.45, 7) is 7.44. The maximum Gasteiger partial charge on any atom is 0.343 e. The number of nitro groups is 1. The predicted octanol–water partition coefficient (Wildman–Crippen LogP) is 4.43. The number of aryl methyl sites for hydroxylation is 2. The van der Waals surface area contributed by atoms with Crippen molar-refractivity contribution < 1.29 is 14.5 Å². The van der Waals surface area contributed by atoms with Gasteiger partial charge in [0.1, 0.15) is 10.9 Å². The SMILES string of the molecule is CCOC(=O)c1cn2c3c(c(-c4cc(C)nc(C)c4)cc([N+](=O)[O-])c3c1=O)SC[C@@H]2C. The van der Waals surface area contributed by atoms with Crippen molar-refractivity contribution in [3.8, 4) is 11.1 Å². The van der Waals surface area contributed by atoms with Gasteiger partial charge in [-0.05, 0) is 45.4 Å². The molecule has 9 heteroatoms. The van der Waals surface area contributed by atoms with E-state index in [0.29, 0.717) is 16.8 Å². The molecular weight excluding hydrogens is 418 g/mol. The average Bonchev–Trinajstić information content (AvgIpc) is 2.70. The topological polar surface area (TPSA) is 104 Å². The Bertz CT molecular complexity index is 1290. The fourth-order valence-corrected chi connectivity index (χ4v) is 5.23. The Hall–Kier alpha value is -3.20. The molecule has 160 valence electrons. The Morgan fingerprint density at radius 3 is 2.61 bits per heavy atom. The van der Waals surface area contributed by atoms with Crippen LogP contribution in [0.3, 0.4) is 0 Å². The predicted molar refractivity (Wildman–Crippen MR) is 119 cm³/mol. The van der Waals surface area contributed by atoms with Gasteiger partial charge in [0.2, 0.25) is 5.43 Å². The molecule has 0 saturated carbocycles. The van der Waals surface area contributed by atoms with E-state index in [4.69, 9.17) is 4.74 Å². The molecule has 0 N–H and O–H groups in total. The van der Waals surface area contributed by atoms with Crippen molar-refractivity contribution in [3.63, 3.8) is 0 Å². The Morgan fingerprint density at radius 1 is 1.32 bits per heavy atom. The maximum absolute atomic E-state index is 13.2. The second-order valence-electron chi connectivity index (χ2n) is 7.55. The number of carbonyl (C=O) groups is 1. The Morgan fingerprint density at radius 2 is 2.00 bits per heavy atom. The number of nitro benzene ring substituents is 1. The number of carbonyl (C=O) groups excluding carboxylic acids is 1. The molecule has 0 unspecified atom stereocenters. The molecule has 0 bridgehead atoms. The summed E-state index contributed by atoms with van der Waals surface area (Å²) in [5.41, 5.74) is 2.38. The van der Waals surface area contributed by atoms with Gasteiger partial charge in [-0.3, -0.25) is 19.9 Å². The van der Waals surface area contributed by atoms with E-state index in [0.717, 1.165) is 21.8 Å². The van der Waals surface area contributed by atoms with Crippen LogP contribution in [-0.2, 0) is 4.74 Å². The summed E-state index contributed by atoms with van der Waals surface area (Å²) in [6.07, 6.45) is 1.48. The molecule has 4 rings (SSSR count). The van der Waals surface area contributed by atoms with Crippen LogP contribution in [0.15, 0.2) is 34.1 Å². The van der Waals surface area contributed by atoms with Gasteiger partial charge in [0.25, 0.3) is 5.69 Å². The Balaban J connectivity index is 2.17. The van der Waals surface area contributed by atoms with Crippen molar-refractivity contribution >= 4 is 34.3 Å². The van der Waals surface area contributed by atoms with Crippen LogP contribution in [0.1, 0.15) is 41.6 Å². The van der Waals surface area contributed by atoms with E-state index in [1.54, 1.807) is 23.3 Å². The van der Waals surface area contributed by atoms with E-state index in [9.17, 15) is 19.7 Å². The zero-order chi connectivity index (χ0) is 22.4. The van der Waals surface area contributed by atoms with Crippen molar-refractivity contribution in [2.45, 2.75) is 38.6 Å². The lowest BCUT2D eigenvalue weighted by Crippen LogP contribution is -2.25. The largest absolute Gasteiger partial charge is 0.462 e. The smallest absolute Gasteiger partial charge is 0.343 e. The third-order valence-corrected chi connectivity index (χ3v) is 6.61. The van der Waals surface area contributed by atoms with Crippen LogP contribution in [0.25, 0.3) is 22.0 Å². The molecule has 0 amide bonds. The lowest BCUT2D eigenvalue weighted by Gasteiger charge is -2.27. The van der Waals surface area contributed by atoms with Gasteiger partial charge < -0.3 is 9.30 Å². The summed E-state index contributed by atoms with van der Waals surface area (Å²) in [7, 11) is 0. The minimum atomic E-state index is -0.774. The van der Waals surface area contributed by atoms with Gasteiger partial charge in [0.15, 0.2) is 0 Å². The highest BCUT2D eigenvalue weighted by Crippen LogP contribution is 2.45. The van der Waals surface area contributed by atoms with Crippen LogP contribution in [0, 0.1) is 24.0 Å². The molecule has 3 heterocycles. The Labute approximate surface area is 182 Å². The highest BCUT2D eigenvalue weighted by atomic mass is 32.2. The van der Waals surface area contributed by atoms with Crippen molar-refractivity contribution in [1.82, 2.24) is 9.55 Å². The molecule has 0 aliphatic carbocycles. The monoisotopic (exact) mass is 439 g/mol. The van der Waals surface area contributed by atoms with Crippen LogP contribution in [0.5, 0.6) is 0 Å². The first-order chi connectivity index (χ1) is 14.7. The molecule has 8 nitrogen and oxygen atoms in total. The number of hydrogen-bond acceptors (Lipinski definition) is 7. The molecule has 1 atom stereocenters. The van der Waals surface area contributed by atoms with Crippen molar-refractivity contribution in [2.24, 2.45) is 0 Å². The maximum atomic E-state index is 13.2. The number of aromatic nitrogens is 2. The number of non-ortho nitro benzene ring substituents is 1. The van der Waals surface area contributed by atoms with Gasteiger partial charge in [-0.2, -0.15) is 0 Å². The zero-order valence-electron chi connectivity index (χ0n) is 17.6. The molecular formula is C22H21N3O5S. The number of benzene rings is 1. The first-order valence-electron chi connectivity index (χ1n) is 9.88. The number of hydrogen-bond donors (Lipinski definition) is 0. The van der Waals surface area contributed by atoms with Crippen LogP contribution in [0.2, 0.25) is 0 Å². The van der Waals surface area contributed by atoms with Gasteiger partial charge in [-0.15, -0.1) is 11.8 Å². The minimum Gasteiger partial charge on any atom is -0.462 e. The molecule has 3 aromatic rings. The standard InChI is InChI=1S/C22H21N3O5S/c1-5-30-22(27)16-9-24-13(4)10-31-21-15(14-6-11(2)23-12(3)7-14)8-17(25(28)29)18(19(21)24)20(16)26/h6-9,13H,5,10H2,1-4H3/t13-/m0/s1. The second kappa shape index (κ2) is 7.81. The number of rotatable bonds is 4. The molecule has 1 aromatic carbocycles. The molecule has 1 aliphatic rings. The average molecular weight is 439 g/mol. The highest BCUT2D eigenvalue weighted by molar-refractivity contribution is 7.99. The van der Waals surface area contributed by atoms with E-state index in [2.05, 4.69) is 4.98 Å². The Kier molecular flexibility index (Phi) is 5.30. The van der Waals surface area contributed by atoms with E-state index in [1.165, 1.54) is 12.3 Å². The number of thioether (sulfide) groups is 1. The summed E-state index contributed by atoms with van der Waals surface area (Å²) in [6, 6.07) is 5.13. The highest BCUT2D eigenvalue weighted by Gasteiger charge is 2.31. The molecule has 0 radical (unpaired) electrons. The summed E-state index contributed by atoms with van der Waals surface area (Å²) in [5, 5.41) is 12.0.